The van der Waals surface area contributed by atoms with Gasteiger partial charge in [0.25, 0.3) is 0 Å². The molecular formula is C13H27N3O2. The van der Waals surface area contributed by atoms with Crippen LogP contribution in [0.1, 0.15) is 40.5 Å². The van der Waals surface area contributed by atoms with Gasteiger partial charge in [-0.3, -0.25) is 9.59 Å². The van der Waals surface area contributed by atoms with Crippen molar-refractivity contribution in [2.45, 2.75) is 40.5 Å². The number of nitrogens with one attached hydrogen (secondary N) is 1. The van der Waals surface area contributed by atoms with E-state index in [1.807, 2.05) is 27.7 Å². The molecule has 0 aromatic heterocycles. The molecule has 5 heteroatoms. The molecule has 5 nitrogen and oxygen atoms in total. The number of nitrogens with zero attached hydrogens (tertiary/aromatic N) is 1. The van der Waals surface area contributed by atoms with Crippen molar-refractivity contribution in [1.82, 2.24) is 10.2 Å². The Kier molecular flexibility index (Phi) is 7.59. The average molecular weight is 257 g/mol. The van der Waals surface area contributed by atoms with Crippen LogP contribution in [-0.4, -0.2) is 42.9 Å². The topological polar surface area (TPSA) is 75.4 Å². The van der Waals surface area contributed by atoms with Crippen molar-refractivity contribution in [3.8, 4) is 0 Å². The van der Waals surface area contributed by atoms with Gasteiger partial charge in [-0.1, -0.05) is 13.8 Å². The maximum atomic E-state index is 12.3. The third kappa shape index (κ3) is 5.49. The van der Waals surface area contributed by atoms with Crippen LogP contribution in [0.15, 0.2) is 0 Å². The van der Waals surface area contributed by atoms with Gasteiger partial charge >= 0.3 is 0 Å². The summed E-state index contributed by atoms with van der Waals surface area (Å²) in [4.78, 5) is 25.5. The molecule has 0 aliphatic heterocycles. The molecule has 0 spiro atoms. The molecule has 0 bridgehead atoms. The van der Waals surface area contributed by atoms with Crippen LogP contribution in [0.2, 0.25) is 0 Å². The lowest BCUT2D eigenvalue weighted by Crippen LogP contribution is -2.48. The molecule has 18 heavy (non-hydrogen) atoms. The fraction of sp³-hybridized carbons (Fsp3) is 0.846. The van der Waals surface area contributed by atoms with Crippen molar-refractivity contribution in [2.75, 3.05) is 26.2 Å². The normalized spacial score (nSPS) is 11.2. The van der Waals surface area contributed by atoms with Crippen molar-refractivity contribution < 1.29 is 9.59 Å². The average Bonchev–Trinajstić information content (AvgIpc) is 2.34. The van der Waals surface area contributed by atoms with E-state index in [9.17, 15) is 9.59 Å². The maximum Gasteiger partial charge on any atom is 0.239 e. The summed E-state index contributed by atoms with van der Waals surface area (Å²) < 4.78 is 0. The Labute approximate surface area is 110 Å². The number of hydrogen-bond acceptors (Lipinski definition) is 3. The van der Waals surface area contributed by atoms with Crippen LogP contribution in [0.4, 0.5) is 0 Å². The molecule has 0 aliphatic carbocycles. The van der Waals surface area contributed by atoms with Crippen molar-refractivity contribution in [2.24, 2.45) is 11.1 Å². The van der Waals surface area contributed by atoms with Gasteiger partial charge in [0, 0.05) is 19.6 Å². The quantitative estimate of drug-likeness (QED) is 0.673. The van der Waals surface area contributed by atoms with E-state index in [1.54, 1.807) is 4.90 Å². The number of carbonyl (C=O) groups is 2. The number of hydrogen-bond donors (Lipinski definition) is 2. The molecule has 0 aromatic carbocycles. The van der Waals surface area contributed by atoms with Crippen LogP contribution in [-0.2, 0) is 9.59 Å². The predicted octanol–water partition coefficient (Wildman–Crippen LogP) is 0.736. The molecule has 0 radical (unpaired) electrons. The molecule has 0 aromatic rings. The highest BCUT2D eigenvalue weighted by Gasteiger charge is 2.31. The molecule has 0 saturated heterocycles. The fourth-order valence-electron chi connectivity index (χ4n) is 1.53. The van der Waals surface area contributed by atoms with Crippen molar-refractivity contribution in [1.29, 1.82) is 0 Å². The van der Waals surface area contributed by atoms with Gasteiger partial charge in [-0.2, -0.15) is 0 Å². The summed E-state index contributed by atoms with van der Waals surface area (Å²) in [6, 6.07) is 0. The zero-order chi connectivity index (χ0) is 14.2. The highest BCUT2D eigenvalue weighted by molar-refractivity contribution is 5.87. The van der Waals surface area contributed by atoms with Gasteiger partial charge < -0.3 is 16.0 Å². The summed E-state index contributed by atoms with van der Waals surface area (Å²) in [5.74, 6) is -0.162. The fourth-order valence-corrected chi connectivity index (χ4v) is 1.53. The minimum absolute atomic E-state index is 0.0569. The van der Waals surface area contributed by atoms with E-state index in [4.69, 9.17) is 5.73 Å². The largest absolute Gasteiger partial charge is 0.355 e. The molecule has 0 fully saturated rings. The Balaban J connectivity index is 4.56. The van der Waals surface area contributed by atoms with E-state index in [2.05, 4.69) is 5.32 Å². The van der Waals surface area contributed by atoms with Gasteiger partial charge in [0.2, 0.25) is 11.8 Å². The van der Waals surface area contributed by atoms with Crippen molar-refractivity contribution in [3.63, 3.8) is 0 Å². The highest BCUT2D eigenvalue weighted by Crippen LogP contribution is 2.17. The summed E-state index contributed by atoms with van der Waals surface area (Å²) in [6.45, 7) is 9.23. The lowest BCUT2D eigenvalue weighted by Gasteiger charge is -2.30. The third-order valence-corrected chi connectivity index (χ3v) is 2.78. The molecule has 0 aliphatic rings. The third-order valence-electron chi connectivity index (χ3n) is 2.78. The second-order valence-electron chi connectivity index (χ2n) is 5.16. The lowest BCUT2D eigenvalue weighted by atomic mass is 9.91. The SMILES string of the molecule is CCCNC(=O)CN(CCC)C(=O)C(C)(C)CN. The minimum Gasteiger partial charge on any atom is -0.355 e. The molecule has 0 rings (SSSR count). The molecule has 3 N–H and O–H groups in total. The zero-order valence-electron chi connectivity index (χ0n) is 12.1. The number of nitrogens with two attached hydrogens (primary N) is 1. The minimum atomic E-state index is -0.611. The van der Waals surface area contributed by atoms with Gasteiger partial charge in [-0.25, -0.2) is 0 Å². The molecule has 0 saturated carbocycles. The summed E-state index contributed by atoms with van der Waals surface area (Å²) in [5.41, 5.74) is 4.99. The first kappa shape index (κ1) is 16.9. The summed E-state index contributed by atoms with van der Waals surface area (Å²) >= 11 is 0. The van der Waals surface area contributed by atoms with E-state index in [-0.39, 0.29) is 24.9 Å². The number of rotatable bonds is 8. The smallest absolute Gasteiger partial charge is 0.239 e. The Morgan fingerprint density at radius 1 is 1.22 bits per heavy atom. The van der Waals surface area contributed by atoms with Gasteiger partial charge in [0.15, 0.2) is 0 Å². The van der Waals surface area contributed by atoms with Crippen LogP contribution in [0.25, 0.3) is 0 Å². The Morgan fingerprint density at radius 3 is 2.28 bits per heavy atom. The van der Waals surface area contributed by atoms with Crippen molar-refractivity contribution in [3.05, 3.63) is 0 Å². The standard InChI is InChI=1S/C13H27N3O2/c1-5-7-15-11(17)9-16(8-6-2)12(18)13(3,4)10-14/h5-10,14H2,1-4H3,(H,15,17). The lowest BCUT2D eigenvalue weighted by molar-refractivity contribution is -0.143. The number of amides is 2. The first-order valence-electron chi connectivity index (χ1n) is 6.65. The van der Waals surface area contributed by atoms with E-state index >= 15 is 0 Å². The Morgan fingerprint density at radius 2 is 1.83 bits per heavy atom. The van der Waals surface area contributed by atoms with Crippen LogP contribution >= 0.6 is 0 Å². The van der Waals surface area contributed by atoms with Crippen LogP contribution in [0.3, 0.4) is 0 Å². The van der Waals surface area contributed by atoms with Gasteiger partial charge in [0.1, 0.15) is 0 Å². The molecule has 0 atom stereocenters. The second kappa shape index (κ2) is 8.08. The van der Waals surface area contributed by atoms with Gasteiger partial charge in [-0.05, 0) is 26.7 Å². The number of carbonyl (C=O) groups excluding carboxylic acids is 2. The Bertz CT molecular complexity index is 277. The zero-order valence-corrected chi connectivity index (χ0v) is 12.1. The van der Waals surface area contributed by atoms with Gasteiger partial charge in [0.05, 0.1) is 12.0 Å². The first-order valence-corrected chi connectivity index (χ1v) is 6.65. The first-order chi connectivity index (χ1) is 8.38. The van der Waals surface area contributed by atoms with E-state index < -0.39 is 5.41 Å². The summed E-state index contributed by atoms with van der Waals surface area (Å²) in [6.07, 6.45) is 1.72. The molecule has 2 amide bonds. The summed E-state index contributed by atoms with van der Waals surface area (Å²) in [5, 5.41) is 2.78. The van der Waals surface area contributed by atoms with Crippen LogP contribution in [0, 0.1) is 5.41 Å². The second-order valence-corrected chi connectivity index (χ2v) is 5.16. The monoisotopic (exact) mass is 257 g/mol. The van der Waals surface area contributed by atoms with Gasteiger partial charge in [-0.15, -0.1) is 0 Å². The summed E-state index contributed by atoms with van der Waals surface area (Å²) in [7, 11) is 0. The van der Waals surface area contributed by atoms with Crippen LogP contribution in [0.5, 0.6) is 0 Å². The van der Waals surface area contributed by atoms with Crippen LogP contribution < -0.4 is 11.1 Å². The molecular weight excluding hydrogens is 230 g/mol. The highest BCUT2D eigenvalue weighted by atomic mass is 16.2. The van der Waals surface area contributed by atoms with E-state index in [1.165, 1.54) is 0 Å². The predicted molar refractivity (Wildman–Crippen MR) is 73.0 cm³/mol. The van der Waals surface area contributed by atoms with E-state index in [0.29, 0.717) is 13.1 Å². The molecule has 0 heterocycles. The Hall–Kier alpha value is -1.10. The van der Waals surface area contributed by atoms with E-state index in [0.717, 1.165) is 12.8 Å². The molecule has 0 unspecified atom stereocenters. The molecule has 106 valence electrons. The maximum absolute atomic E-state index is 12.3. The van der Waals surface area contributed by atoms with Crippen molar-refractivity contribution >= 4 is 11.8 Å².